The number of carbonyl (C=O) groups is 1. The van der Waals surface area contributed by atoms with Gasteiger partial charge in [-0.1, -0.05) is 19.1 Å². The third kappa shape index (κ3) is 3.88. The Kier molecular flexibility index (Phi) is 5.41. The molecular weight excluding hydrogens is 294 g/mol. The summed E-state index contributed by atoms with van der Waals surface area (Å²) in [6.07, 6.45) is 2.25. The van der Waals surface area contributed by atoms with Crippen LogP contribution in [-0.2, 0) is 4.79 Å². The zero-order chi connectivity index (χ0) is 13.7. The predicted molar refractivity (Wildman–Crippen MR) is 78.1 cm³/mol. The topological polar surface area (TPSA) is 49.3 Å². The number of aliphatic carboxylic acids is 1. The summed E-state index contributed by atoms with van der Waals surface area (Å²) in [6, 6.07) is 4.13. The summed E-state index contributed by atoms with van der Waals surface area (Å²) in [5, 5.41) is 12.2. The third-order valence-electron chi connectivity index (χ3n) is 2.71. The van der Waals surface area contributed by atoms with Crippen LogP contribution in [0.1, 0.15) is 24.5 Å². The van der Waals surface area contributed by atoms with Gasteiger partial charge < -0.3 is 10.4 Å². The van der Waals surface area contributed by atoms with Crippen LogP contribution in [0, 0.1) is 13.8 Å². The highest BCUT2D eigenvalue weighted by atomic mass is 79.9. The van der Waals surface area contributed by atoms with Crippen LogP contribution in [0.2, 0.25) is 0 Å². The van der Waals surface area contributed by atoms with E-state index in [0.29, 0.717) is 18.5 Å². The number of carboxylic acid groups (broad SMARTS) is 1. The van der Waals surface area contributed by atoms with Gasteiger partial charge in [0.15, 0.2) is 0 Å². The second-order valence-corrected chi connectivity index (χ2v) is 5.06. The van der Waals surface area contributed by atoms with E-state index < -0.39 is 5.97 Å². The Bertz CT molecular complexity index is 458. The van der Waals surface area contributed by atoms with Crippen LogP contribution in [0.4, 0.5) is 5.69 Å². The van der Waals surface area contributed by atoms with Crippen molar-refractivity contribution in [2.45, 2.75) is 27.2 Å². The monoisotopic (exact) mass is 311 g/mol. The minimum absolute atomic E-state index is 0.434. The molecule has 98 valence electrons. The van der Waals surface area contributed by atoms with E-state index in [1.165, 1.54) is 5.56 Å². The van der Waals surface area contributed by atoms with Crippen molar-refractivity contribution in [3.05, 3.63) is 39.4 Å². The number of rotatable bonds is 5. The normalized spacial score (nSPS) is 11.4. The molecule has 0 saturated carbocycles. The van der Waals surface area contributed by atoms with Gasteiger partial charge in [-0.2, -0.15) is 0 Å². The Morgan fingerprint density at radius 3 is 2.61 bits per heavy atom. The van der Waals surface area contributed by atoms with E-state index in [4.69, 9.17) is 5.11 Å². The molecular formula is C14H18BrNO2. The summed E-state index contributed by atoms with van der Waals surface area (Å²) >= 11 is 3.51. The molecule has 0 radical (unpaired) electrons. The lowest BCUT2D eigenvalue weighted by molar-refractivity contribution is -0.132. The Labute approximate surface area is 116 Å². The fraction of sp³-hybridized carbons (Fsp3) is 0.357. The minimum Gasteiger partial charge on any atom is -0.478 e. The molecule has 0 heterocycles. The molecule has 0 saturated heterocycles. The van der Waals surface area contributed by atoms with E-state index in [2.05, 4.69) is 27.3 Å². The highest BCUT2D eigenvalue weighted by Crippen LogP contribution is 2.27. The van der Waals surface area contributed by atoms with Gasteiger partial charge in [0.2, 0.25) is 0 Å². The molecule has 0 aromatic heterocycles. The van der Waals surface area contributed by atoms with Gasteiger partial charge in [0.25, 0.3) is 0 Å². The summed E-state index contributed by atoms with van der Waals surface area (Å²) < 4.78 is 1.00. The zero-order valence-corrected chi connectivity index (χ0v) is 12.5. The van der Waals surface area contributed by atoms with Crippen molar-refractivity contribution in [2.24, 2.45) is 0 Å². The first-order valence-corrected chi connectivity index (χ1v) is 6.68. The lowest BCUT2D eigenvalue weighted by Crippen LogP contribution is -2.06. The average Bonchev–Trinajstić information content (AvgIpc) is 2.26. The van der Waals surface area contributed by atoms with Crippen molar-refractivity contribution >= 4 is 27.6 Å². The smallest absolute Gasteiger partial charge is 0.331 e. The number of hydrogen-bond acceptors (Lipinski definition) is 2. The third-order valence-corrected chi connectivity index (χ3v) is 3.34. The molecule has 0 aliphatic heterocycles. The maximum Gasteiger partial charge on any atom is 0.331 e. The van der Waals surface area contributed by atoms with Crippen LogP contribution < -0.4 is 5.32 Å². The molecule has 3 nitrogen and oxygen atoms in total. The number of aryl methyl sites for hydroxylation is 2. The van der Waals surface area contributed by atoms with Gasteiger partial charge in [0.05, 0.1) is 5.69 Å². The molecule has 1 aromatic carbocycles. The van der Waals surface area contributed by atoms with Gasteiger partial charge in [-0.25, -0.2) is 4.79 Å². The second-order valence-electron chi connectivity index (χ2n) is 4.21. The van der Waals surface area contributed by atoms with E-state index in [1.54, 1.807) is 6.08 Å². The van der Waals surface area contributed by atoms with E-state index in [9.17, 15) is 4.79 Å². The Hall–Kier alpha value is -1.29. The molecule has 0 atom stereocenters. The number of nitrogens with one attached hydrogen (secondary N) is 1. The number of anilines is 1. The van der Waals surface area contributed by atoms with Crippen molar-refractivity contribution in [1.82, 2.24) is 0 Å². The molecule has 0 aliphatic carbocycles. The summed E-state index contributed by atoms with van der Waals surface area (Å²) in [7, 11) is 0. The second kappa shape index (κ2) is 6.59. The predicted octanol–water partition coefficient (Wildman–Crippen LogP) is 3.90. The Morgan fingerprint density at radius 1 is 1.44 bits per heavy atom. The summed E-state index contributed by atoms with van der Waals surface area (Å²) in [5.41, 5.74) is 3.78. The molecule has 0 spiro atoms. The van der Waals surface area contributed by atoms with Crippen LogP contribution in [-0.4, -0.2) is 17.6 Å². The first-order chi connectivity index (χ1) is 8.45. The van der Waals surface area contributed by atoms with Gasteiger partial charge in [0.1, 0.15) is 0 Å². The number of hydrogen-bond donors (Lipinski definition) is 2. The summed E-state index contributed by atoms with van der Waals surface area (Å²) in [4.78, 5) is 10.8. The molecule has 1 aromatic rings. The standard InChI is InChI=1S/C14H18BrNO2/c1-4-11(14(17)18)5-6-16-13-10(3)7-9(2)8-12(13)15/h5,7-8,16H,4,6H2,1-3H3,(H,17,18). The SMILES string of the molecule is CCC(=CCNc1c(C)cc(C)cc1Br)C(=O)O. The van der Waals surface area contributed by atoms with Crippen molar-refractivity contribution in [2.75, 3.05) is 11.9 Å². The van der Waals surface area contributed by atoms with Crippen molar-refractivity contribution in [3.8, 4) is 0 Å². The number of carboxylic acids is 1. The van der Waals surface area contributed by atoms with Crippen molar-refractivity contribution in [1.29, 1.82) is 0 Å². The maximum atomic E-state index is 10.8. The van der Waals surface area contributed by atoms with Crippen LogP contribution in [0.25, 0.3) is 0 Å². The van der Waals surface area contributed by atoms with Crippen LogP contribution in [0.15, 0.2) is 28.3 Å². The molecule has 0 bridgehead atoms. The lowest BCUT2D eigenvalue weighted by Gasteiger charge is -2.11. The maximum absolute atomic E-state index is 10.8. The molecule has 2 N–H and O–H groups in total. The zero-order valence-electron chi connectivity index (χ0n) is 10.9. The van der Waals surface area contributed by atoms with Crippen LogP contribution >= 0.6 is 15.9 Å². The molecule has 0 unspecified atom stereocenters. The highest BCUT2D eigenvalue weighted by molar-refractivity contribution is 9.10. The fourth-order valence-corrected chi connectivity index (χ4v) is 2.61. The molecule has 0 fully saturated rings. The first kappa shape index (κ1) is 14.8. The highest BCUT2D eigenvalue weighted by Gasteiger charge is 2.05. The van der Waals surface area contributed by atoms with Gasteiger partial charge in [-0.3, -0.25) is 0 Å². The summed E-state index contributed by atoms with van der Waals surface area (Å²) in [5.74, 6) is -0.848. The first-order valence-electron chi connectivity index (χ1n) is 5.88. The molecule has 18 heavy (non-hydrogen) atoms. The molecule has 1 rings (SSSR count). The van der Waals surface area contributed by atoms with Gasteiger partial charge in [-0.15, -0.1) is 0 Å². The number of benzene rings is 1. The van der Waals surface area contributed by atoms with E-state index >= 15 is 0 Å². The largest absolute Gasteiger partial charge is 0.478 e. The van der Waals surface area contributed by atoms with Gasteiger partial charge in [0, 0.05) is 16.6 Å². The van der Waals surface area contributed by atoms with Crippen molar-refractivity contribution in [3.63, 3.8) is 0 Å². The van der Waals surface area contributed by atoms with Crippen LogP contribution in [0.3, 0.4) is 0 Å². The van der Waals surface area contributed by atoms with Gasteiger partial charge in [-0.05, 0) is 53.4 Å². The molecule has 0 aliphatic rings. The minimum atomic E-state index is -0.848. The van der Waals surface area contributed by atoms with E-state index in [-0.39, 0.29) is 0 Å². The van der Waals surface area contributed by atoms with E-state index in [0.717, 1.165) is 15.7 Å². The Balaban J connectivity index is 2.78. The van der Waals surface area contributed by atoms with Gasteiger partial charge >= 0.3 is 5.97 Å². The van der Waals surface area contributed by atoms with E-state index in [1.807, 2.05) is 26.8 Å². The fourth-order valence-electron chi connectivity index (χ4n) is 1.80. The number of halogens is 1. The van der Waals surface area contributed by atoms with Crippen molar-refractivity contribution < 1.29 is 9.90 Å². The average molecular weight is 312 g/mol. The lowest BCUT2D eigenvalue weighted by atomic mass is 10.1. The molecule has 0 amide bonds. The Morgan fingerprint density at radius 2 is 2.11 bits per heavy atom. The molecule has 4 heteroatoms. The van der Waals surface area contributed by atoms with Crippen LogP contribution in [0.5, 0.6) is 0 Å². The summed E-state index contributed by atoms with van der Waals surface area (Å²) in [6.45, 7) is 6.42. The quantitative estimate of drug-likeness (QED) is 0.811.